The molecule has 2 N–H and O–H groups in total. The minimum Gasteiger partial charge on any atom is -0.391 e. The number of halogens is 1. The summed E-state index contributed by atoms with van der Waals surface area (Å²) < 4.78 is 27.8. The van der Waals surface area contributed by atoms with Gasteiger partial charge in [0.25, 0.3) is 0 Å². The molecule has 0 aromatic heterocycles. The summed E-state index contributed by atoms with van der Waals surface area (Å²) in [5.41, 5.74) is 1.01. The summed E-state index contributed by atoms with van der Waals surface area (Å²) in [5, 5.41) is 9.02. The van der Waals surface area contributed by atoms with Gasteiger partial charge in [0.1, 0.15) is 0 Å². The van der Waals surface area contributed by atoms with Crippen LogP contribution >= 0.6 is 15.9 Å². The van der Waals surface area contributed by atoms with E-state index in [1.165, 1.54) is 0 Å². The largest absolute Gasteiger partial charge is 0.391 e. The molecule has 0 saturated carbocycles. The van der Waals surface area contributed by atoms with Crippen molar-refractivity contribution in [2.45, 2.75) is 31.7 Å². The van der Waals surface area contributed by atoms with Gasteiger partial charge in [0.2, 0.25) is 10.0 Å². The van der Waals surface area contributed by atoms with Gasteiger partial charge in [-0.05, 0) is 25.0 Å². The molecule has 1 atom stereocenters. The van der Waals surface area contributed by atoms with Crippen LogP contribution in [0.25, 0.3) is 0 Å². The summed E-state index contributed by atoms with van der Waals surface area (Å²) in [7, 11) is -3.57. The van der Waals surface area contributed by atoms with E-state index in [1.54, 1.807) is 30.3 Å². The van der Waals surface area contributed by atoms with Gasteiger partial charge in [0.15, 0.2) is 0 Å². The van der Waals surface area contributed by atoms with Crippen LogP contribution in [0.4, 0.5) is 0 Å². The molecule has 0 unspecified atom stereocenters. The number of aliphatic hydroxyl groups excluding tert-OH is 1. The second-order valence-electron chi connectivity index (χ2n) is 4.98. The van der Waals surface area contributed by atoms with Gasteiger partial charge < -0.3 is 5.11 Å². The first-order chi connectivity index (χ1) is 9.26. The topological polar surface area (TPSA) is 66.4 Å². The average Bonchev–Trinajstić information content (AvgIpc) is 2.37. The van der Waals surface area contributed by atoms with Gasteiger partial charge in [-0.15, -0.1) is 0 Å². The van der Waals surface area contributed by atoms with Crippen LogP contribution in [-0.2, 0) is 10.0 Å². The molecular weight excluding hydrogens is 342 g/mol. The summed E-state index contributed by atoms with van der Waals surface area (Å²) in [6.45, 7) is 5.57. The van der Waals surface area contributed by atoms with E-state index in [1.807, 2.05) is 20.8 Å². The molecule has 1 rings (SSSR count). The number of aryl methyl sites for hydroxylation is 1. The van der Waals surface area contributed by atoms with Crippen LogP contribution in [0.1, 0.15) is 19.4 Å². The SMILES string of the molecule is Cc1ccc(S(=O)(=O)N[C@H](/C=C(/Br)CO)C(C)C)cc1. The highest BCUT2D eigenvalue weighted by molar-refractivity contribution is 9.11. The lowest BCUT2D eigenvalue weighted by Gasteiger charge is -2.19. The molecule has 0 bridgehead atoms. The third kappa shape index (κ3) is 5.01. The highest BCUT2D eigenvalue weighted by Gasteiger charge is 2.21. The Morgan fingerprint density at radius 2 is 1.90 bits per heavy atom. The molecule has 0 fully saturated rings. The van der Waals surface area contributed by atoms with Gasteiger partial charge >= 0.3 is 0 Å². The molecule has 0 aliphatic rings. The highest BCUT2D eigenvalue weighted by Crippen LogP contribution is 2.15. The maximum Gasteiger partial charge on any atom is 0.241 e. The third-order valence-corrected chi connectivity index (χ3v) is 4.84. The summed E-state index contributed by atoms with van der Waals surface area (Å²) in [5.74, 6) is 0.0642. The van der Waals surface area contributed by atoms with E-state index < -0.39 is 10.0 Å². The normalized spacial score (nSPS) is 14.6. The minimum atomic E-state index is -3.57. The van der Waals surface area contributed by atoms with Crippen LogP contribution < -0.4 is 4.72 Å². The zero-order valence-corrected chi connectivity index (χ0v) is 14.2. The van der Waals surface area contributed by atoms with Gasteiger partial charge in [0, 0.05) is 10.5 Å². The summed E-state index contributed by atoms with van der Waals surface area (Å²) in [6, 6.07) is 6.30. The fraction of sp³-hybridized carbons (Fsp3) is 0.429. The molecule has 1 aromatic rings. The fourth-order valence-corrected chi connectivity index (χ4v) is 3.19. The van der Waals surface area contributed by atoms with E-state index in [4.69, 9.17) is 5.11 Å². The lowest BCUT2D eigenvalue weighted by Crippen LogP contribution is -2.37. The monoisotopic (exact) mass is 361 g/mol. The molecule has 0 radical (unpaired) electrons. The van der Waals surface area contributed by atoms with Gasteiger partial charge in [-0.25, -0.2) is 13.1 Å². The fourth-order valence-electron chi connectivity index (χ4n) is 1.57. The highest BCUT2D eigenvalue weighted by atomic mass is 79.9. The van der Waals surface area contributed by atoms with Gasteiger partial charge in [-0.2, -0.15) is 0 Å². The zero-order chi connectivity index (χ0) is 15.3. The van der Waals surface area contributed by atoms with Crippen molar-refractivity contribution in [3.63, 3.8) is 0 Å². The molecule has 20 heavy (non-hydrogen) atoms. The molecule has 0 saturated heterocycles. The Balaban J connectivity index is 3.00. The molecule has 1 aromatic carbocycles. The summed E-state index contributed by atoms with van der Waals surface area (Å²) in [6.07, 6.45) is 1.68. The van der Waals surface area contributed by atoms with Crippen LogP contribution in [0.15, 0.2) is 39.7 Å². The first kappa shape index (κ1) is 17.4. The van der Waals surface area contributed by atoms with E-state index >= 15 is 0 Å². The van der Waals surface area contributed by atoms with Crippen molar-refractivity contribution in [1.82, 2.24) is 4.72 Å². The summed E-state index contributed by atoms with van der Waals surface area (Å²) in [4.78, 5) is 0.238. The number of hydrogen-bond donors (Lipinski definition) is 2. The Hall–Kier alpha value is -0.690. The van der Waals surface area contributed by atoms with Crippen LogP contribution in [-0.4, -0.2) is 26.2 Å². The van der Waals surface area contributed by atoms with E-state index in [2.05, 4.69) is 20.7 Å². The molecule has 0 aliphatic heterocycles. The van der Waals surface area contributed by atoms with Crippen LogP contribution in [0, 0.1) is 12.8 Å². The predicted molar refractivity (Wildman–Crippen MR) is 84.2 cm³/mol. The Bertz CT molecular complexity index is 565. The Morgan fingerprint density at radius 1 is 1.35 bits per heavy atom. The molecule has 112 valence electrons. The van der Waals surface area contributed by atoms with Crippen molar-refractivity contribution in [2.24, 2.45) is 5.92 Å². The Labute approximate surface area is 129 Å². The van der Waals surface area contributed by atoms with Gasteiger partial charge in [0.05, 0.1) is 11.5 Å². The van der Waals surface area contributed by atoms with Crippen molar-refractivity contribution in [2.75, 3.05) is 6.61 Å². The zero-order valence-electron chi connectivity index (χ0n) is 11.8. The Morgan fingerprint density at radius 3 is 2.35 bits per heavy atom. The van der Waals surface area contributed by atoms with Crippen molar-refractivity contribution < 1.29 is 13.5 Å². The van der Waals surface area contributed by atoms with Crippen LogP contribution in [0.2, 0.25) is 0 Å². The lowest BCUT2D eigenvalue weighted by molar-refractivity contribution is 0.339. The van der Waals surface area contributed by atoms with E-state index in [0.29, 0.717) is 4.48 Å². The number of rotatable bonds is 6. The molecule has 6 heteroatoms. The summed E-state index contributed by atoms with van der Waals surface area (Å²) >= 11 is 3.20. The maximum atomic E-state index is 12.3. The molecule has 0 spiro atoms. The van der Waals surface area contributed by atoms with E-state index in [0.717, 1.165) is 5.56 Å². The number of aliphatic hydroxyl groups is 1. The van der Waals surface area contributed by atoms with Crippen molar-refractivity contribution >= 4 is 26.0 Å². The van der Waals surface area contributed by atoms with Gasteiger partial charge in [-0.1, -0.05) is 53.5 Å². The van der Waals surface area contributed by atoms with E-state index in [-0.39, 0.29) is 23.5 Å². The first-order valence-electron chi connectivity index (χ1n) is 6.32. The second-order valence-corrected chi connectivity index (χ2v) is 7.71. The van der Waals surface area contributed by atoms with Crippen LogP contribution in [0.3, 0.4) is 0 Å². The van der Waals surface area contributed by atoms with Crippen molar-refractivity contribution in [1.29, 1.82) is 0 Å². The third-order valence-electron chi connectivity index (χ3n) is 2.85. The number of nitrogens with one attached hydrogen (secondary N) is 1. The molecule has 4 nitrogen and oxygen atoms in total. The Kier molecular flexibility index (Phi) is 6.39. The number of sulfonamides is 1. The molecule has 0 heterocycles. The average molecular weight is 362 g/mol. The maximum absolute atomic E-state index is 12.3. The molecule has 0 aliphatic carbocycles. The van der Waals surface area contributed by atoms with Crippen molar-refractivity contribution in [3.8, 4) is 0 Å². The van der Waals surface area contributed by atoms with Crippen molar-refractivity contribution in [3.05, 3.63) is 40.4 Å². The number of hydrogen-bond acceptors (Lipinski definition) is 3. The quantitative estimate of drug-likeness (QED) is 0.818. The lowest BCUT2D eigenvalue weighted by atomic mass is 10.1. The van der Waals surface area contributed by atoms with E-state index in [9.17, 15) is 8.42 Å². The molecular formula is C14H20BrNO3S. The minimum absolute atomic E-state index is 0.0642. The van der Waals surface area contributed by atoms with Gasteiger partial charge in [-0.3, -0.25) is 0 Å². The standard InChI is InChI=1S/C14H20BrNO3S/c1-10(2)14(8-12(15)9-17)16-20(18,19)13-6-4-11(3)5-7-13/h4-8,10,14,16-17H,9H2,1-3H3/b12-8+/t14-/m1/s1. The second kappa shape index (κ2) is 7.36. The molecule has 0 amide bonds. The predicted octanol–water partition coefficient (Wildman–Crippen LogP) is 2.57. The smallest absolute Gasteiger partial charge is 0.241 e. The van der Waals surface area contributed by atoms with Crippen LogP contribution in [0.5, 0.6) is 0 Å². The number of benzene rings is 1. The first-order valence-corrected chi connectivity index (χ1v) is 8.60.